The minimum absolute atomic E-state index is 0.0179. The number of hydrogen-bond donors (Lipinski definition) is 1. The SMILES string of the molecule is Cc1c(F)cccc1C=CCO. The maximum absolute atomic E-state index is 12.9. The van der Waals surface area contributed by atoms with Gasteiger partial charge in [-0.05, 0) is 24.1 Å². The summed E-state index contributed by atoms with van der Waals surface area (Å²) in [6.07, 6.45) is 3.29. The van der Waals surface area contributed by atoms with Crippen molar-refractivity contribution < 1.29 is 9.50 Å². The maximum atomic E-state index is 12.9. The molecule has 0 spiro atoms. The Balaban J connectivity index is 3.00. The van der Waals surface area contributed by atoms with Gasteiger partial charge in [0.1, 0.15) is 5.82 Å². The van der Waals surface area contributed by atoms with Crippen LogP contribution in [0.15, 0.2) is 24.3 Å². The van der Waals surface area contributed by atoms with Crippen molar-refractivity contribution in [3.05, 3.63) is 41.2 Å². The van der Waals surface area contributed by atoms with Gasteiger partial charge < -0.3 is 5.11 Å². The molecule has 12 heavy (non-hydrogen) atoms. The summed E-state index contributed by atoms with van der Waals surface area (Å²) in [6, 6.07) is 4.88. The highest BCUT2D eigenvalue weighted by Crippen LogP contribution is 2.13. The number of hydrogen-bond acceptors (Lipinski definition) is 1. The lowest BCUT2D eigenvalue weighted by Gasteiger charge is -1.99. The fourth-order valence-corrected chi connectivity index (χ4v) is 0.984. The number of halogens is 1. The van der Waals surface area contributed by atoms with Crippen molar-refractivity contribution in [2.24, 2.45) is 0 Å². The summed E-state index contributed by atoms with van der Waals surface area (Å²) in [4.78, 5) is 0. The molecule has 0 amide bonds. The third kappa shape index (κ3) is 1.92. The van der Waals surface area contributed by atoms with Crippen molar-refractivity contribution in [1.29, 1.82) is 0 Å². The van der Waals surface area contributed by atoms with E-state index in [2.05, 4.69) is 0 Å². The van der Waals surface area contributed by atoms with Gasteiger partial charge in [-0.25, -0.2) is 4.39 Å². The van der Waals surface area contributed by atoms with Crippen LogP contribution in [0.1, 0.15) is 11.1 Å². The smallest absolute Gasteiger partial charge is 0.126 e. The molecule has 0 radical (unpaired) electrons. The minimum Gasteiger partial charge on any atom is -0.392 e. The Hall–Kier alpha value is -1.15. The monoisotopic (exact) mass is 166 g/mol. The van der Waals surface area contributed by atoms with Crippen LogP contribution in [0.25, 0.3) is 6.08 Å². The van der Waals surface area contributed by atoms with E-state index in [0.29, 0.717) is 5.56 Å². The maximum Gasteiger partial charge on any atom is 0.126 e. The summed E-state index contributed by atoms with van der Waals surface area (Å²) in [5.74, 6) is -0.213. The third-order valence-electron chi connectivity index (χ3n) is 1.71. The Morgan fingerprint density at radius 2 is 2.25 bits per heavy atom. The van der Waals surface area contributed by atoms with Crippen molar-refractivity contribution in [1.82, 2.24) is 0 Å². The second kappa shape index (κ2) is 4.02. The fourth-order valence-electron chi connectivity index (χ4n) is 0.984. The van der Waals surface area contributed by atoms with Crippen LogP contribution in [0.2, 0.25) is 0 Å². The third-order valence-corrected chi connectivity index (χ3v) is 1.71. The Bertz CT molecular complexity index is 292. The molecule has 0 saturated heterocycles. The standard InChI is InChI=1S/C10H11FO/c1-8-9(5-3-7-12)4-2-6-10(8)11/h2-6,12H,7H2,1H3. The summed E-state index contributed by atoms with van der Waals surface area (Å²) in [6.45, 7) is 1.70. The van der Waals surface area contributed by atoms with Gasteiger partial charge in [-0.2, -0.15) is 0 Å². The van der Waals surface area contributed by atoms with Gasteiger partial charge in [0.05, 0.1) is 6.61 Å². The molecule has 0 fully saturated rings. The van der Waals surface area contributed by atoms with Gasteiger partial charge in [-0.3, -0.25) is 0 Å². The molecule has 1 rings (SSSR count). The molecule has 0 aliphatic heterocycles. The number of aliphatic hydroxyl groups is 1. The molecule has 0 saturated carbocycles. The molecule has 1 nitrogen and oxygen atoms in total. The van der Waals surface area contributed by atoms with Crippen LogP contribution in [0.5, 0.6) is 0 Å². The zero-order chi connectivity index (χ0) is 8.97. The second-order valence-corrected chi connectivity index (χ2v) is 2.54. The lowest BCUT2D eigenvalue weighted by atomic mass is 10.1. The van der Waals surface area contributed by atoms with Crippen molar-refractivity contribution in [3.8, 4) is 0 Å². The molecule has 0 heterocycles. The van der Waals surface area contributed by atoms with Crippen LogP contribution < -0.4 is 0 Å². The van der Waals surface area contributed by atoms with E-state index in [4.69, 9.17) is 5.11 Å². The molecule has 0 unspecified atom stereocenters. The quantitative estimate of drug-likeness (QED) is 0.713. The van der Waals surface area contributed by atoms with E-state index in [1.54, 1.807) is 25.1 Å². The summed E-state index contributed by atoms with van der Waals surface area (Å²) < 4.78 is 12.9. The van der Waals surface area contributed by atoms with Crippen LogP contribution in [0.3, 0.4) is 0 Å². The van der Waals surface area contributed by atoms with Crippen LogP contribution in [0, 0.1) is 12.7 Å². The fraction of sp³-hybridized carbons (Fsp3) is 0.200. The molecular formula is C10H11FO. The Kier molecular flexibility index (Phi) is 3.00. The van der Waals surface area contributed by atoms with Crippen molar-refractivity contribution >= 4 is 6.08 Å². The first-order chi connectivity index (χ1) is 5.75. The summed E-state index contributed by atoms with van der Waals surface area (Å²) in [5.41, 5.74) is 1.42. The molecule has 0 aromatic heterocycles. The number of aliphatic hydroxyl groups excluding tert-OH is 1. The van der Waals surface area contributed by atoms with Gasteiger partial charge >= 0.3 is 0 Å². The van der Waals surface area contributed by atoms with E-state index >= 15 is 0 Å². The highest BCUT2D eigenvalue weighted by atomic mass is 19.1. The van der Waals surface area contributed by atoms with Gasteiger partial charge in [-0.1, -0.05) is 24.3 Å². The molecule has 0 bridgehead atoms. The predicted octanol–water partition coefficient (Wildman–Crippen LogP) is 2.14. The molecule has 1 N–H and O–H groups in total. The Morgan fingerprint density at radius 3 is 2.92 bits per heavy atom. The highest BCUT2D eigenvalue weighted by molar-refractivity contribution is 5.53. The van der Waals surface area contributed by atoms with Gasteiger partial charge in [0, 0.05) is 0 Å². The topological polar surface area (TPSA) is 20.2 Å². The van der Waals surface area contributed by atoms with Crippen molar-refractivity contribution in [3.63, 3.8) is 0 Å². The predicted molar refractivity (Wildman–Crippen MR) is 47.3 cm³/mol. The Morgan fingerprint density at radius 1 is 1.50 bits per heavy atom. The Labute approximate surface area is 71.2 Å². The largest absolute Gasteiger partial charge is 0.392 e. The first kappa shape index (κ1) is 8.94. The normalized spacial score (nSPS) is 10.9. The summed E-state index contributed by atoms with van der Waals surface area (Å²) in [7, 11) is 0. The second-order valence-electron chi connectivity index (χ2n) is 2.54. The van der Waals surface area contributed by atoms with E-state index in [1.165, 1.54) is 6.07 Å². The molecule has 0 atom stereocenters. The highest BCUT2D eigenvalue weighted by Gasteiger charge is 1.98. The van der Waals surface area contributed by atoms with E-state index in [0.717, 1.165) is 5.56 Å². The van der Waals surface area contributed by atoms with E-state index < -0.39 is 0 Å². The molecule has 64 valence electrons. The average Bonchev–Trinajstić information content (AvgIpc) is 2.08. The summed E-state index contributed by atoms with van der Waals surface area (Å²) in [5, 5.41) is 8.51. The van der Waals surface area contributed by atoms with E-state index in [1.807, 2.05) is 6.07 Å². The number of benzene rings is 1. The average molecular weight is 166 g/mol. The van der Waals surface area contributed by atoms with E-state index in [9.17, 15) is 4.39 Å². The zero-order valence-electron chi connectivity index (χ0n) is 6.92. The van der Waals surface area contributed by atoms with Crippen molar-refractivity contribution in [2.45, 2.75) is 6.92 Å². The van der Waals surface area contributed by atoms with Crippen LogP contribution in [0.4, 0.5) is 4.39 Å². The molecular weight excluding hydrogens is 155 g/mol. The molecule has 1 aromatic rings. The van der Waals surface area contributed by atoms with Crippen LogP contribution in [-0.4, -0.2) is 11.7 Å². The number of rotatable bonds is 2. The van der Waals surface area contributed by atoms with Crippen LogP contribution >= 0.6 is 0 Å². The minimum atomic E-state index is -0.213. The van der Waals surface area contributed by atoms with E-state index in [-0.39, 0.29) is 12.4 Å². The molecule has 0 aliphatic rings. The first-order valence-corrected chi connectivity index (χ1v) is 3.78. The van der Waals surface area contributed by atoms with Gasteiger partial charge in [0.2, 0.25) is 0 Å². The summed E-state index contributed by atoms with van der Waals surface area (Å²) >= 11 is 0. The lowest BCUT2D eigenvalue weighted by Crippen LogP contribution is -1.85. The molecule has 0 aliphatic carbocycles. The molecule has 2 heteroatoms. The molecule has 1 aromatic carbocycles. The lowest BCUT2D eigenvalue weighted by molar-refractivity contribution is 0.343. The van der Waals surface area contributed by atoms with Gasteiger partial charge in [0.15, 0.2) is 0 Å². The van der Waals surface area contributed by atoms with Crippen LogP contribution in [-0.2, 0) is 0 Å². The first-order valence-electron chi connectivity index (χ1n) is 3.78. The zero-order valence-corrected chi connectivity index (χ0v) is 6.92. The van der Waals surface area contributed by atoms with Gasteiger partial charge in [0.25, 0.3) is 0 Å². The van der Waals surface area contributed by atoms with Crippen molar-refractivity contribution in [2.75, 3.05) is 6.61 Å². The van der Waals surface area contributed by atoms with Gasteiger partial charge in [-0.15, -0.1) is 0 Å².